The van der Waals surface area contributed by atoms with Gasteiger partial charge in [0.15, 0.2) is 0 Å². The zero-order valence-corrected chi connectivity index (χ0v) is 21.2. The van der Waals surface area contributed by atoms with Gasteiger partial charge < -0.3 is 24.7 Å². The number of aromatic nitrogens is 1. The monoisotopic (exact) mass is 499 g/mol. The van der Waals surface area contributed by atoms with Crippen molar-refractivity contribution >= 4 is 23.5 Å². The first kappa shape index (κ1) is 28.8. The first-order valence-corrected chi connectivity index (χ1v) is 12.5. The second-order valence-corrected chi connectivity index (χ2v) is 8.57. The van der Waals surface area contributed by atoms with Gasteiger partial charge in [0, 0.05) is 18.9 Å². The number of ether oxygens (including phenoxy) is 1. The molecule has 0 atom stereocenters. The van der Waals surface area contributed by atoms with Crippen molar-refractivity contribution in [2.75, 3.05) is 37.7 Å². The Morgan fingerprint density at radius 1 is 1.00 bits per heavy atom. The molecule has 9 heteroatoms. The summed E-state index contributed by atoms with van der Waals surface area (Å²) >= 11 is 0. The molecule has 2 N–H and O–H groups in total. The highest BCUT2D eigenvalue weighted by atomic mass is 16.5. The summed E-state index contributed by atoms with van der Waals surface area (Å²) in [6.07, 6.45) is 9.83. The normalized spacial score (nSPS) is 12.4. The number of aliphatic carboxylic acids is 2. The Balaban J connectivity index is 0.000000678. The fourth-order valence-electron chi connectivity index (χ4n) is 4.17. The van der Waals surface area contributed by atoms with Crippen LogP contribution >= 0.6 is 0 Å². The lowest BCUT2D eigenvalue weighted by molar-refractivity contribution is -0.159. The number of hydrogen-bond donors (Lipinski definition) is 2. The van der Waals surface area contributed by atoms with Crippen molar-refractivity contribution in [1.29, 1.82) is 0 Å². The van der Waals surface area contributed by atoms with E-state index in [0.717, 1.165) is 43.7 Å². The van der Waals surface area contributed by atoms with E-state index in [4.69, 9.17) is 24.5 Å². The summed E-state index contributed by atoms with van der Waals surface area (Å²) in [6.45, 7) is 9.34. The SMILES string of the molecule is CCCN(CCC)CCCCOc1cccc2c1N(C(=O)c1cccnc1)CCC2.O=C(O)C(=O)O. The van der Waals surface area contributed by atoms with Gasteiger partial charge in [-0.05, 0) is 81.9 Å². The third-order valence-corrected chi connectivity index (χ3v) is 5.72. The van der Waals surface area contributed by atoms with Crippen LogP contribution in [0, 0.1) is 0 Å². The molecular weight excluding hydrogens is 462 g/mol. The third kappa shape index (κ3) is 8.96. The van der Waals surface area contributed by atoms with E-state index in [2.05, 4.69) is 29.8 Å². The Kier molecular flexibility index (Phi) is 12.4. The van der Waals surface area contributed by atoms with Crippen molar-refractivity contribution in [2.24, 2.45) is 0 Å². The van der Waals surface area contributed by atoms with E-state index in [1.54, 1.807) is 18.5 Å². The molecule has 1 amide bonds. The van der Waals surface area contributed by atoms with Crippen molar-refractivity contribution in [3.05, 3.63) is 53.9 Å². The van der Waals surface area contributed by atoms with E-state index in [1.165, 1.54) is 31.5 Å². The number of para-hydroxylation sites is 1. The van der Waals surface area contributed by atoms with Crippen LogP contribution in [-0.4, -0.2) is 70.7 Å². The van der Waals surface area contributed by atoms with Gasteiger partial charge in [0.25, 0.3) is 5.91 Å². The first-order chi connectivity index (χ1) is 17.4. The molecule has 2 heterocycles. The summed E-state index contributed by atoms with van der Waals surface area (Å²) in [4.78, 5) is 39.8. The van der Waals surface area contributed by atoms with Crippen LogP contribution in [0.2, 0.25) is 0 Å². The number of fused-ring (bicyclic) bond motifs is 1. The van der Waals surface area contributed by atoms with Crippen LogP contribution in [0.25, 0.3) is 0 Å². The molecule has 1 aromatic carbocycles. The van der Waals surface area contributed by atoms with Gasteiger partial charge in [-0.1, -0.05) is 26.0 Å². The lowest BCUT2D eigenvalue weighted by Gasteiger charge is -2.31. The Bertz CT molecular complexity index is 965. The molecular formula is C27H37N3O6. The molecule has 0 radical (unpaired) electrons. The van der Waals surface area contributed by atoms with Gasteiger partial charge in [-0.25, -0.2) is 9.59 Å². The highest BCUT2D eigenvalue weighted by molar-refractivity contribution is 6.27. The number of carbonyl (C=O) groups is 3. The molecule has 0 spiro atoms. The molecule has 0 saturated carbocycles. The minimum Gasteiger partial charge on any atom is -0.491 e. The Labute approximate surface area is 212 Å². The van der Waals surface area contributed by atoms with E-state index >= 15 is 0 Å². The Morgan fingerprint density at radius 3 is 2.33 bits per heavy atom. The molecule has 0 bridgehead atoms. The van der Waals surface area contributed by atoms with Crippen LogP contribution in [0.5, 0.6) is 5.75 Å². The van der Waals surface area contributed by atoms with Crippen LogP contribution < -0.4 is 9.64 Å². The fraction of sp³-hybridized carbons (Fsp3) is 0.481. The lowest BCUT2D eigenvalue weighted by atomic mass is 10.00. The van der Waals surface area contributed by atoms with E-state index in [1.807, 2.05) is 23.1 Å². The standard InChI is InChI=1S/C25H35N3O2.C2H2O4/c1-3-15-27(16-4-2)17-5-6-19-30-23-13-7-10-21-12-9-18-28(24(21)23)25(29)22-11-8-14-26-20-22;3-1(4)2(5)6/h7-8,10-11,13-14,20H,3-6,9,12,15-19H2,1-2H3;(H,3,4)(H,5,6). The number of carboxylic acids is 2. The van der Waals surface area contributed by atoms with Crippen molar-refractivity contribution < 1.29 is 29.3 Å². The molecule has 1 aliphatic heterocycles. The maximum Gasteiger partial charge on any atom is 0.414 e. The van der Waals surface area contributed by atoms with Crippen molar-refractivity contribution in [2.45, 2.75) is 52.4 Å². The minimum absolute atomic E-state index is 0.00475. The molecule has 196 valence electrons. The summed E-state index contributed by atoms with van der Waals surface area (Å²) in [6, 6.07) is 9.77. The number of carboxylic acid groups (broad SMARTS) is 2. The highest BCUT2D eigenvalue weighted by Gasteiger charge is 2.27. The largest absolute Gasteiger partial charge is 0.491 e. The van der Waals surface area contributed by atoms with Gasteiger partial charge in [-0.15, -0.1) is 0 Å². The number of rotatable bonds is 11. The van der Waals surface area contributed by atoms with Crippen molar-refractivity contribution in [3.8, 4) is 5.75 Å². The number of hydrogen-bond acceptors (Lipinski definition) is 6. The zero-order chi connectivity index (χ0) is 26.3. The predicted molar refractivity (Wildman–Crippen MR) is 138 cm³/mol. The van der Waals surface area contributed by atoms with Gasteiger partial charge in [0.05, 0.1) is 17.9 Å². The number of pyridine rings is 1. The zero-order valence-electron chi connectivity index (χ0n) is 21.2. The minimum atomic E-state index is -1.82. The van der Waals surface area contributed by atoms with Crippen LogP contribution in [-0.2, 0) is 16.0 Å². The molecule has 1 aromatic heterocycles. The summed E-state index contributed by atoms with van der Waals surface area (Å²) in [5.74, 6) is -2.83. The quantitative estimate of drug-likeness (QED) is 0.350. The average molecular weight is 500 g/mol. The van der Waals surface area contributed by atoms with E-state index in [-0.39, 0.29) is 5.91 Å². The molecule has 9 nitrogen and oxygen atoms in total. The number of aryl methyl sites for hydroxylation is 1. The van der Waals surface area contributed by atoms with E-state index < -0.39 is 11.9 Å². The molecule has 2 aromatic rings. The molecule has 36 heavy (non-hydrogen) atoms. The number of benzene rings is 1. The smallest absolute Gasteiger partial charge is 0.414 e. The van der Waals surface area contributed by atoms with Gasteiger partial charge in [-0.3, -0.25) is 9.78 Å². The number of unbranched alkanes of at least 4 members (excludes halogenated alkanes) is 1. The maximum atomic E-state index is 13.1. The number of carbonyl (C=O) groups excluding carboxylic acids is 1. The Morgan fingerprint density at radius 2 is 1.72 bits per heavy atom. The maximum absolute atomic E-state index is 13.1. The number of amides is 1. The first-order valence-electron chi connectivity index (χ1n) is 12.5. The van der Waals surface area contributed by atoms with Crippen LogP contribution in [0.15, 0.2) is 42.7 Å². The molecule has 3 rings (SSSR count). The van der Waals surface area contributed by atoms with Crippen LogP contribution in [0.1, 0.15) is 61.9 Å². The summed E-state index contributed by atoms with van der Waals surface area (Å²) in [7, 11) is 0. The Hall–Kier alpha value is -3.46. The third-order valence-electron chi connectivity index (χ3n) is 5.72. The second-order valence-electron chi connectivity index (χ2n) is 8.57. The molecule has 0 saturated heterocycles. The van der Waals surface area contributed by atoms with Gasteiger partial charge in [-0.2, -0.15) is 0 Å². The van der Waals surface area contributed by atoms with Gasteiger partial charge >= 0.3 is 11.9 Å². The highest BCUT2D eigenvalue weighted by Crippen LogP contribution is 2.37. The summed E-state index contributed by atoms with van der Waals surface area (Å²) < 4.78 is 6.19. The van der Waals surface area contributed by atoms with Crippen LogP contribution in [0.3, 0.4) is 0 Å². The van der Waals surface area contributed by atoms with Crippen molar-refractivity contribution in [3.63, 3.8) is 0 Å². The fourth-order valence-corrected chi connectivity index (χ4v) is 4.17. The van der Waals surface area contributed by atoms with Crippen molar-refractivity contribution in [1.82, 2.24) is 9.88 Å². The number of nitrogens with zero attached hydrogens (tertiary/aromatic N) is 3. The van der Waals surface area contributed by atoms with E-state index in [0.29, 0.717) is 18.7 Å². The molecule has 0 unspecified atom stereocenters. The summed E-state index contributed by atoms with van der Waals surface area (Å²) in [5.41, 5.74) is 2.75. The average Bonchev–Trinajstić information content (AvgIpc) is 2.88. The van der Waals surface area contributed by atoms with Gasteiger partial charge in [0.2, 0.25) is 0 Å². The topological polar surface area (TPSA) is 120 Å². The number of anilines is 1. The van der Waals surface area contributed by atoms with Crippen LogP contribution in [0.4, 0.5) is 5.69 Å². The predicted octanol–water partition coefficient (Wildman–Crippen LogP) is 4.11. The van der Waals surface area contributed by atoms with E-state index in [9.17, 15) is 4.79 Å². The lowest BCUT2D eigenvalue weighted by Crippen LogP contribution is -2.36. The molecule has 1 aliphatic rings. The molecule has 0 aliphatic carbocycles. The summed E-state index contributed by atoms with van der Waals surface area (Å²) in [5, 5.41) is 14.8. The second kappa shape index (κ2) is 15.5. The van der Waals surface area contributed by atoms with Gasteiger partial charge in [0.1, 0.15) is 5.75 Å². The molecule has 0 fully saturated rings.